The Bertz CT molecular complexity index is 1110. The minimum absolute atomic E-state index is 0.255. The first kappa shape index (κ1) is 17.8. The third-order valence-corrected chi connectivity index (χ3v) is 3.76. The number of aliphatic carboxylic acids is 1. The number of aryl methyl sites for hydroxylation is 1. The SMILES string of the molecule is Cn1ncc2ccc(C#Cc3cccc(O/C(NN)=C(/N)C(=O)O)c3)cc21. The van der Waals surface area contributed by atoms with Crippen molar-refractivity contribution in [3.63, 3.8) is 0 Å². The molecule has 0 amide bonds. The molecule has 0 saturated carbocycles. The van der Waals surface area contributed by atoms with Gasteiger partial charge in [0.05, 0.1) is 11.7 Å². The molecule has 1 heterocycles. The summed E-state index contributed by atoms with van der Waals surface area (Å²) in [5.74, 6) is 10.2. The molecule has 0 bridgehead atoms. The van der Waals surface area contributed by atoms with Gasteiger partial charge < -0.3 is 15.6 Å². The van der Waals surface area contributed by atoms with E-state index in [1.54, 1.807) is 29.1 Å². The zero-order valence-electron chi connectivity index (χ0n) is 14.4. The Morgan fingerprint density at radius 1 is 1.22 bits per heavy atom. The van der Waals surface area contributed by atoms with Crippen molar-refractivity contribution in [3.8, 4) is 17.6 Å². The fraction of sp³-hybridized carbons (Fsp3) is 0.0526. The molecule has 2 aromatic carbocycles. The average molecular weight is 363 g/mol. The summed E-state index contributed by atoms with van der Waals surface area (Å²) in [5, 5.41) is 14.2. The second-order valence-corrected chi connectivity index (χ2v) is 5.61. The second-order valence-electron chi connectivity index (χ2n) is 5.61. The Labute approximate surface area is 155 Å². The van der Waals surface area contributed by atoms with E-state index in [0.717, 1.165) is 16.5 Å². The molecule has 6 N–H and O–H groups in total. The van der Waals surface area contributed by atoms with Gasteiger partial charge in [-0.2, -0.15) is 5.10 Å². The largest absolute Gasteiger partial charge is 0.476 e. The van der Waals surface area contributed by atoms with Crippen LogP contribution >= 0.6 is 0 Å². The van der Waals surface area contributed by atoms with Gasteiger partial charge in [-0.3, -0.25) is 10.1 Å². The molecule has 136 valence electrons. The molecular weight excluding hydrogens is 346 g/mol. The number of carboxylic acid groups (broad SMARTS) is 1. The number of fused-ring (bicyclic) bond motifs is 1. The number of nitrogens with two attached hydrogens (primary N) is 2. The molecule has 0 saturated heterocycles. The average Bonchev–Trinajstić information content (AvgIpc) is 3.04. The van der Waals surface area contributed by atoms with Crippen LogP contribution in [0.4, 0.5) is 0 Å². The smallest absolute Gasteiger partial charge is 0.357 e. The van der Waals surface area contributed by atoms with E-state index in [2.05, 4.69) is 22.4 Å². The Morgan fingerprint density at radius 2 is 1.96 bits per heavy atom. The molecule has 8 heteroatoms. The van der Waals surface area contributed by atoms with Gasteiger partial charge in [-0.25, -0.2) is 10.6 Å². The lowest BCUT2D eigenvalue weighted by Crippen LogP contribution is -2.31. The lowest BCUT2D eigenvalue weighted by atomic mass is 10.1. The van der Waals surface area contributed by atoms with Gasteiger partial charge in [-0.05, 0) is 36.4 Å². The first-order valence-corrected chi connectivity index (χ1v) is 7.89. The van der Waals surface area contributed by atoms with E-state index < -0.39 is 11.7 Å². The van der Waals surface area contributed by atoms with Gasteiger partial charge in [0.1, 0.15) is 5.75 Å². The van der Waals surface area contributed by atoms with Crippen LogP contribution in [-0.4, -0.2) is 20.9 Å². The van der Waals surface area contributed by atoms with Gasteiger partial charge in [0, 0.05) is 23.6 Å². The minimum atomic E-state index is -1.34. The number of ether oxygens (including phenoxy) is 1. The standard InChI is InChI=1S/C19H17N5O3/c1-24-16-10-13(7-8-14(16)11-22-24)6-5-12-3-2-4-15(9-12)27-18(23-21)17(20)19(25)26/h2-4,7-11,23H,20-21H2,1H3,(H,25,26)/b18-17+. The number of hydrazine groups is 1. The van der Waals surface area contributed by atoms with E-state index in [1.807, 2.05) is 31.3 Å². The number of benzene rings is 2. The maximum Gasteiger partial charge on any atom is 0.357 e. The predicted octanol–water partition coefficient (Wildman–Crippen LogP) is 1.03. The number of hydrogen-bond acceptors (Lipinski definition) is 6. The Morgan fingerprint density at radius 3 is 2.67 bits per heavy atom. The Hall–Kier alpha value is -3.96. The maximum absolute atomic E-state index is 10.9. The molecule has 0 aliphatic heterocycles. The highest BCUT2D eigenvalue weighted by atomic mass is 16.5. The van der Waals surface area contributed by atoms with E-state index >= 15 is 0 Å². The molecule has 0 radical (unpaired) electrons. The van der Waals surface area contributed by atoms with Crippen LogP contribution in [0.5, 0.6) is 5.75 Å². The molecule has 8 nitrogen and oxygen atoms in total. The molecule has 0 unspecified atom stereocenters. The molecule has 0 atom stereocenters. The van der Waals surface area contributed by atoms with Crippen molar-refractivity contribution >= 4 is 16.9 Å². The normalized spacial score (nSPS) is 11.3. The Kier molecular flexibility index (Phi) is 4.97. The van der Waals surface area contributed by atoms with Gasteiger partial charge >= 0.3 is 5.97 Å². The van der Waals surface area contributed by atoms with E-state index in [9.17, 15) is 4.79 Å². The summed E-state index contributed by atoms with van der Waals surface area (Å²) < 4.78 is 7.19. The molecule has 3 aromatic rings. The van der Waals surface area contributed by atoms with Gasteiger partial charge in [0.2, 0.25) is 5.88 Å². The zero-order valence-corrected chi connectivity index (χ0v) is 14.4. The summed E-state index contributed by atoms with van der Waals surface area (Å²) in [6.07, 6.45) is 1.80. The fourth-order valence-electron chi connectivity index (χ4n) is 2.38. The van der Waals surface area contributed by atoms with Crippen molar-refractivity contribution < 1.29 is 14.6 Å². The second kappa shape index (κ2) is 7.51. The monoisotopic (exact) mass is 363 g/mol. The van der Waals surface area contributed by atoms with Crippen molar-refractivity contribution in [2.24, 2.45) is 18.6 Å². The summed E-state index contributed by atoms with van der Waals surface area (Å²) in [5.41, 5.74) is 9.54. The van der Waals surface area contributed by atoms with Crippen LogP contribution in [0.1, 0.15) is 11.1 Å². The van der Waals surface area contributed by atoms with Crippen molar-refractivity contribution in [2.75, 3.05) is 0 Å². The number of carbonyl (C=O) groups is 1. The highest BCUT2D eigenvalue weighted by Gasteiger charge is 2.12. The van der Waals surface area contributed by atoms with E-state index in [0.29, 0.717) is 11.3 Å². The van der Waals surface area contributed by atoms with Crippen LogP contribution in [-0.2, 0) is 11.8 Å². The first-order chi connectivity index (χ1) is 13.0. The summed E-state index contributed by atoms with van der Waals surface area (Å²) in [7, 11) is 1.87. The molecule has 1 aromatic heterocycles. The van der Waals surface area contributed by atoms with Crippen LogP contribution in [0.25, 0.3) is 10.9 Å². The van der Waals surface area contributed by atoms with Crippen LogP contribution in [0.15, 0.2) is 60.2 Å². The molecule has 27 heavy (non-hydrogen) atoms. The van der Waals surface area contributed by atoms with Crippen LogP contribution in [0, 0.1) is 11.8 Å². The molecular formula is C19H17N5O3. The third kappa shape index (κ3) is 4.00. The van der Waals surface area contributed by atoms with Crippen LogP contribution in [0.2, 0.25) is 0 Å². The maximum atomic E-state index is 10.9. The topological polar surface area (TPSA) is 128 Å². The van der Waals surface area contributed by atoms with E-state index in [-0.39, 0.29) is 5.88 Å². The number of aromatic nitrogens is 2. The summed E-state index contributed by atoms with van der Waals surface area (Å²) in [6, 6.07) is 12.7. The van der Waals surface area contributed by atoms with Gasteiger partial charge in [0.15, 0.2) is 5.70 Å². The van der Waals surface area contributed by atoms with Crippen molar-refractivity contribution in [2.45, 2.75) is 0 Å². The molecule has 0 aliphatic rings. The van der Waals surface area contributed by atoms with E-state index in [1.165, 1.54) is 0 Å². The van der Waals surface area contributed by atoms with Gasteiger partial charge in [-0.15, -0.1) is 0 Å². The lowest BCUT2D eigenvalue weighted by molar-refractivity contribution is -0.132. The molecule has 0 fully saturated rings. The summed E-state index contributed by atoms with van der Waals surface area (Å²) in [6.45, 7) is 0. The molecule has 0 aliphatic carbocycles. The fourth-order valence-corrected chi connectivity index (χ4v) is 2.38. The number of nitrogens with zero attached hydrogens (tertiary/aromatic N) is 2. The van der Waals surface area contributed by atoms with Gasteiger partial charge in [-0.1, -0.05) is 17.9 Å². The number of hydrogen-bond donors (Lipinski definition) is 4. The molecule has 0 spiro atoms. The summed E-state index contributed by atoms with van der Waals surface area (Å²) in [4.78, 5) is 10.9. The predicted molar refractivity (Wildman–Crippen MR) is 99.9 cm³/mol. The number of rotatable bonds is 4. The highest BCUT2D eigenvalue weighted by Crippen LogP contribution is 2.17. The number of nitrogens with one attached hydrogen (secondary N) is 1. The van der Waals surface area contributed by atoms with E-state index in [4.69, 9.17) is 21.4 Å². The van der Waals surface area contributed by atoms with Crippen LogP contribution < -0.4 is 21.7 Å². The lowest BCUT2D eigenvalue weighted by Gasteiger charge is -2.10. The van der Waals surface area contributed by atoms with Crippen molar-refractivity contribution in [3.05, 3.63) is 71.4 Å². The van der Waals surface area contributed by atoms with Gasteiger partial charge in [0.25, 0.3) is 0 Å². The van der Waals surface area contributed by atoms with Crippen molar-refractivity contribution in [1.29, 1.82) is 0 Å². The summed E-state index contributed by atoms with van der Waals surface area (Å²) >= 11 is 0. The zero-order chi connectivity index (χ0) is 19.4. The first-order valence-electron chi connectivity index (χ1n) is 7.89. The van der Waals surface area contributed by atoms with Crippen LogP contribution in [0.3, 0.4) is 0 Å². The third-order valence-electron chi connectivity index (χ3n) is 3.76. The number of carboxylic acids is 1. The Balaban J connectivity index is 1.86. The van der Waals surface area contributed by atoms with Crippen molar-refractivity contribution in [1.82, 2.24) is 15.2 Å². The highest BCUT2D eigenvalue weighted by molar-refractivity contribution is 5.86. The quantitative estimate of drug-likeness (QED) is 0.179. The molecule has 3 rings (SSSR count). The minimum Gasteiger partial charge on any atom is -0.476 e.